The molecule has 5 heteroatoms. The number of nitrogens with zero attached hydrogens (tertiary/aromatic N) is 2. The molecule has 0 aliphatic rings. The minimum absolute atomic E-state index is 0.402. The van der Waals surface area contributed by atoms with E-state index in [4.69, 9.17) is 5.11 Å². The Morgan fingerprint density at radius 1 is 1.64 bits per heavy atom. The lowest BCUT2D eigenvalue weighted by Gasteiger charge is -1.94. The first-order valence-corrected chi connectivity index (χ1v) is 2.92. The second-order valence-corrected chi connectivity index (χ2v) is 2.05. The van der Waals surface area contributed by atoms with Crippen LogP contribution in [0.5, 0.6) is 5.75 Å². The summed E-state index contributed by atoms with van der Waals surface area (Å²) < 4.78 is 0. The monoisotopic (exact) mass is 154 g/mol. The highest BCUT2D eigenvalue weighted by molar-refractivity contribution is 5.38. The summed E-state index contributed by atoms with van der Waals surface area (Å²) in [6.07, 6.45) is 0. The highest BCUT2D eigenvalue weighted by atomic mass is 16.6. The molecule has 0 bridgehead atoms. The minimum atomic E-state index is -0.720. The van der Waals surface area contributed by atoms with Gasteiger partial charge in [0.25, 0.3) is 0 Å². The predicted octanol–water partition coefficient (Wildman–Crippen LogP) is 1.00. The van der Waals surface area contributed by atoms with Gasteiger partial charge in [-0.15, -0.1) is 0 Å². The van der Waals surface area contributed by atoms with Crippen LogP contribution in [-0.2, 0) is 0 Å². The number of aromatic nitrogens is 1. The van der Waals surface area contributed by atoms with E-state index in [1.807, 2.05) is 0 Å². The van der Waals surface area contributed by atoms with Crippen LogP contribution in [0.4, 0.5) is 5.82 Å². The van der Waals surface area contributed by atoms with Gasteiger partial charge in [0.15, 0.2) is 0 Å². The molecule has 1 aromatic heterocycles. The highest BCUT2D eigenvalue weighted by Crippen LogP contribution is 2.21. The van der Waals surface area contributed by atoms with E-state index < -0.39 is 16.5 Å². The Labute approximate surface area is 62.5 Å². The second kappa shape index (κ2) is 2.53. The molecule has 0 saturated carbocycles. The molecule has 1 heterocycles. The van der Waals surface area contributed by atoms with Crippen LogP contribution in [0, 0.1) is 17.0 Å². The first kappa shape index (κ1) is 7.46. The number of hydrogen-bond acceptors (Lipinski definition) is 4. The molecular weight excluding hydrogens is 148 g/mol. The summed E-state index contributed by atoms with van der Waals surface area (Å²) >= 11 is 0. The Balaban J connectivity index is 3.23. The number of rotatable bonds is 1. The van der Waals surface area contributed by atoms with Crippen molar-refractivity contribution in [1.82, 2.24) is 4.98 Å². The Hall–Kier alpha value is -1.65. The molecule has 11 heavy (non-hydrogen) atoms. The fourth-order valence-corrected chi connectivity index (χ4v) is 0.670. The largest absolute Gasteiger partial charge is 0.501 e. The van der Waals surface area contributed by atoms with Gasteiger partial charge in [-0.25, -0.2) is 0 Å². The molecule has 1 rings (SSSR count). The zero-order valence-corrected chi connectivity index (χ0v) is 5.81. The summed E-state index contributed by atoms with van der Waals surface area (Å²) in [6.45, 7) is 1.62. The summed E-state index contributed by atoms with van der Waals surface area (Å²) in [5.74, 6) is -0.898. The van der Waals surface area contributed by atoms with Crippen LogP contribution in [0.25, 0.3) is 0 Å². The van der Waals surface area contributed by atoms with E-state index in [1.54, 1.807) is 6.92 Å². The first-order chi connectivity index (χ1) is 5.11. The Morgan fingerprint density at radius 2 is 2.27 bits per heavy atom. The first-order valence-electron chi connectivity index (χ1n) is 2.92. The van der Waals surface area contributed by atoms with Gasteiger partial charge < -0.3 is 15.2 Å². The van der Waals surface area contributed by atoms with Crippen molar-refractivity contribution >= 4 is 5.82 Å². The molecule has 0 aromatic carbocycles. The predicted molar refractivity (Wildman–Crippen MR) is 37.3 cm³/mol. The maximum Gasteiger partial charge on any atom is 0.406 e. The lowest BCUT2D eigenvalue weighted by Crippen LogP contribution is -1.93. The van der Waals surface area contributed by atoms with Gasteiger partial charge in [-0.1, -0.05) is 0 Å². The van der Waals surface area contributed by atoms with Crippen molar-refractivity contribution in [2.75, 3.05) is 0 Å². The van der Waals surface area contributed by atoms with E-state index in [0.717, 1.165) is 0 Å². The molecule has 1 N–H and O–H groups in total. The lowest BCUT2D eigenvalue weighted by atomic mass is 10.3. The van der Waals surface area contributed by atoms with Crippen LogP contribution < -0.4 is 0 Å². The van der Waals surface area contributed by atoms with Crippen LogP contribution in [-0.4, -0.2) is 15.0 Å². The van der Waals surface area contributed by atoms with Gasteiger partial charge in [0.2, 0.25) is 5.75 Å². The van der Waals surface area contributed by atoms with Gasteiger partial charge in [-0.3, -0.25) is 0 Å². The molecule has 58 valence electrons. The summed E-state index contributed by atoms with van der Waals surface area (Å²) in [5.41, 5.74) is 0.509. The van der Waals surface area contributed by atoms with Crippen LogP contribution in [0.3, 0.4) is 0 Å². The van der Waals surface area contributed by atoms with E-state index in [0.29, 0.717) is 5.69 Å². The number of hydrogen-bond donors (Lipinski definition) is 1. The van der Waals surface area contributed by atoms with E-state index in [-0.39, 0.29) is 0 Å². The second-order valence-electron chi connectivity index (χ2n) is 2.05. The maximum absolute atomic E-state index is 10.2. The van der Waals surface area contributed by atoms with E-state index in [1.165, 1.54) is 12.1 Å². The molecule has 0 radical (unpaired) electrons. The standard InChI is InChI=1S/C6H6N2O3/c1-4-2-3-5(9)6(7-4)8(10)11/h2-3,9H,1H3. The van der Waals surface area contributed by atoms with Crippen molar-refractivity contribution < 1.29 is 10.0 Å². The number of nitro groups is 1. The quantitative estimate of drug-likeness (QED) is 0.483. The third-order valence-electron chi connectivity index (χ3n) is 1.17. The smallest absolute Gasteiger partial charge is 0.406 e. The zero-order chi connectivity index (χ0) is 8.43. The molecule has 0 amide bonds. The third-order valence-corrected chi connectivity index (χ3v) is 1.17. The van der Waals surface area contributed by atoms with Gasteiger partial charge in [-0.05, 0) is 22.0 Å². The molecule has 0 spiro atoms. The lowest BCUT2D eigenvalue weighted by molar-refractivity contribution is -0.390. The summed E-state index contributed by atoms with van der Waals surface area (Å²) in [5, 5.41) is 19.1. The van der Waals surface area contributed by atoms with Crippen LogP contribution >= 0.6 is 0 Å². The molecule has 0 unspecified atom stereocenters. The van der Waals surface area contributed by atoms with E-state index in [2.05, 4.69) is 4.98 Å². The number of pyridine rings is 1. The SMILES string of the molecule is Cc1ccc(O)c([N+](=O)[O-])n1. The summed E-state index contributed by atoms with van der Waals surface area (Å²) in [7, 11) is 0. The highest BCUT2D eigenvalue weighted by Gasteiger charge is 2.13. The number of aryl methyl sites for hydroxylation is 1. The molecule has 0 fully saturated rings. The van der Waals surface area contributed by atoms with Gasteiger partial charge in [-0.2, -0.15) is 0 Å². The van der Waals surface area contributed by atoms with Crippen LogP contribution in [0.2, 0.25) is 0 Å². The third kappa shape index (κ3) is 1.43. The van der Waals surface area contributed by atoms with Crippen molar-refractivity contribution in [2.24, 2.45) is 0 Å². The van der Waals surface area contributed by atoms with Crippen molar-refractivity contribution in [3.63, 3.8) is 0 Å². The average Bonchev–Trinajstić information content (AvgIpc) is 1.94. The van der Waals surface area contributed by atoms with Crippen LogP contribution in [0.15, 0.2) is 12.1 Å². The Bertz CT molecular complexity index is 298. The minimum Gasteiger partial charge on any atom is -0.501 e. The topological polar surface area (TPSA) is 76.3 Å². The summed E-state index contributed by atoms with van der Waals surface area (Å²) in [6, 6.07) is 2.75. The van der Waals surface area contributed by atoms with Crippen molar-refractivity contribution in [1.29, 1.82) is 0 Å². The van der Waals surface area contributed by atoms with Gasteiger partial charge in [0.1, 0.15) is 5.69 Å². The van der Waals surface area contributed by atoms with E-state index in [9.17, 15) is 10.1 Å². The molecule has 0 saturated heterocycles. The van der Waals surface area contributed by atoms with Gasteiger partial charge in [0, 0.05) is 6.92 Å². The molecule has 0 aliphatic carbocycles. The van der Waals surface area contributed by atoms with Crippen LogP contribution in [0.1, 0.15) is 5.69 Å². The summed E-state index contributed by atoms with van der Waals surface area (Å²) in [4.78, 5) is 13.0. The molecular formula is C6H6N2O3. The Morgan fingerprint density at radius 3 is 2.73 bits per heavy atom. The van der Waals surface area contributed by atoms with Gasteiger partial charge in [0.05, 0.1) is 0 Å². The maximum atomic E-state index is 10.2. The Kier molecular flexibility index (Phi) is 1.72. The molecule has 5 nitrogen and oxygen atoms in total. The average molecular weight is 154 g/mol. The van der Waals surface area contributed by atoms with Crippen molar-refractivity contribution in [2.45, 2.75) is 6.92 Å². The van der Waals surface area contributed by atoms with Crippen molar-refractivity contribution in [3.8, 4) is 5.75 Å². The number of aromatic hydroxyl groups is 1. The fourth-order valence-electron chi connectivity index (χ4n) is 0.670. The van der Waals surface area contributed by atoms with E-state index >= 15 is 0 Å². The molecule has 0 aliphatic heterocycles. The fraction of sp³-hybridized carbons (Fsp3) is 0.167. The molecule has 1 aromatic rings. The van der Waals surface area contributed by atoms with Crippen molar-refractivity contribution in [3.05, 3.63) is 27.9 Å². The normalized spacial score (nSPS) is 9.55. The van der Waals surface area contributed by atoms with Gasteiger partial charge >= 0.3 is 5.82 Å². The zero-order valence-electron chi connectivity index (χ0n) is 5.81. The molecule has 0 atom stereocenters.